The number of hydrogen-bond acceptors (Lipinski definition) is 5. The summed E-state index contributed by atoms with van der Waals surface area (Å²) in [5, 5.41) is 5.08. The van der Waals surface area contributed by atoms with Gasteiger partial charge >= 0.3 is 0 Å². The minimum atomic E-state index is 0.850. The molecule has 102 valence electrons. The molecule has 0 atom stereocenters. The molecule has 0 spiro atoms. The van der Waals surface area contributed by atoms with E-state index in [0.29, 0.717) is 0 Å². The van der Waals surface area contributed by atoms with Crippen molar-refractivity contribution in [2.75, 3.05) is 11.9 Å². The third-order valence-corrected chi connectivity index (χ3v) is 3.66. The highest BCUT2D eigenvalue weighted by molar-refractivity contribution is 7.99. The third kappa shape index (κ3) is 2.75. The molecule has 0 saturated heterocycles. The van der Waals surface area contributed by atoms with E-state index in [0.717, 1.165) is 34.5 Å². The van der Waals surface area contributed by atoms with Crippen LogP contribution in [-0.4, -0.2) is 25.9 Å². The molecule has 3 aromatic rings. The summed E-state index contributed by atoms with van der Waals surface area (Å²) in [4.78, 5) is 13.3. The summed E-state index contributed by atoms with van der Waals surface area (Å²) in [6.45, 7) is 3.03. The number of hydrogen-bond donors (Lipinski definition) is 1. The van der Waals surface area contributed by atoms with E-state index in [1.54, 1.807) is 12.4 Å². The highest BCUT2D eigenvalue weighted by Gasteiger charge is 2.09. The molecule has 0 unspecified atom stereocenters. The predicted molar refractivity (Wildman–Crippen MR) is 80.1 cm³/mol. The van der Waals surface area contributed by atoms with Crippen molar-refractivity contribution in [1.29, 1.82) is 0 Å². The van der Waals surface area contributed by atoms with Gasteiger partial charge in [0.15, 0.2) is 5.65 Å². The molecule has 0 aliphatic carbocycles. The van der Waals surface area contributed by atoms with Gasteiger partial charge in [0.25, 0.3) is 0 Å². The van der Waals surface area contributed by atoms with Gasteiger partial charge in [0.1, 0.15) is 15.9 Å². The van der Waals surface area contributed by atoms with E-state index < -0.39 is 0 Å². The molecule has 0 fully saturated rings. The van der Waals surface area contributed by atoms with Crippen molar-refractivity contribution in [1.82, 2.24) is 19.4 Å². The van der Waals surface area contributed by atoms with E-state index >= 15 is 0 Å². The zero-order chi connectivity index (χ0) is 13.8. The number of imidazole rings is 1. The van der Waals surface area contributed by atoms with Gasteiger partial charge in [0.2, 0.25) is 0 Å². The number of nitrogens with one attached hydrogen (secondary N) is 1. The van der Waals surface area contributed by atoms with Crippen molar-refractivity contribution in [3.05, 3.63) is 43.0 Å². The lowest BCUT2D eigenvalue weighted by Crippen LogP contribution is -2.04. The average molecular weight is 285 g/mol. The van der Waals surface area contributed by atoms with E-state index in [1.165, 1.54) is 11.8 Å². The van der Waals surface area contributed by atoms with Gasteiger partial charge in [-0.15, -0.1) is 0 Å². The zero-order valence-corrected chi connectivity index (χ0v) is 12.0. The highest BCUT2D eigenvalue weighted by atomic mass is 32.2. The predicted octanol–water partition coefficient (Wildman–Crippen LogP) is 3.10. The first-order chi connectivity index (χ1) is 9.86. The van der Waals surface area contributed by atoms with Crippen LogP contribution in [0.5, 0.6) is 0 Å². The summed E-state index contributed by atoms with van der Waals surface area (Å²) >= 11 is 1.52. The maximum atomic E-state index is 4.63. The number of pyridine rings is 1. The zero-order valence-electron chi connectivity index (χ0n) is 11.2. The highest BCUT2D eigenvalue weighted by Crippen LogP contribution is 2.28. The van der Waals surface area contributed by atoms with Gasteiger partial charge in [0.05, 0.1) is 6.20 Å². The van der Waals surface area contributed by atoms with Crippen LogP contribution in [0.25, 0.3) is 5.65 Å². The molecule has 0 amide bonds. The lowest BCUT2D eigenvalue weighted by atomic mass is 10.5. The molecule has 0 radical (unpaired) electrons. The monoisotopic (exact) mass is 285 g/mol. The van der Waals surface area contributed by atoms with Crippen molar-refractivity contribution in [2.24, 2.45) is 0 Å². The minimum Gasteiger partial charge on any atom is -0.369 e. The van der Waals surface area contributed by atoms with Crippen molar-refractivity contribution in [2.45, 2.75) is 23.4 Å². The first-order valence-electron chi connectivity index (χ1n) is 6.53. The van der Waals surface area contributed by atoms with E-state index in [-0.39, 0.29) is 0 Å². The molecule has 6 heteroatoms. The SMILES string of the molecule is CCCNc1cn2ccnc2c(Sc2ccccn2)n1. The van der Waals surface area contributed by atoms with E-state index in [1.807, 2.05) is 35.0 Å². The van der Waals surface area contributed by atoms with Gasteiger partial charge < -0.3 is 9.72 Å². The van der Waals surface area contributed by atoms with Gasteiger partial charge in [0, 0.05) is 25.1 Å². The Morgan fingerprint density at radius 2 is 2.20 bits per heavy atom. The molecular formula is C14H15N5S. The van der Waals surface area contributed by atoms with Crippen molar-refractivity contribution in [3.63, 3.8) is 0 Å². The Labute approximate surface area is 121 Å². The average Bonchev–Trinajstić information content (AvgIpc) is 2.95. The first kappa shape index (κ1) is 12.9. The maximum absolute atomic E-state index is 4.63. The van der Waals surface area contributed by atoms with Gasteiger partial charge in [-0.3, -0.25) is 0 Å². The smallest absolute Gasteiger partial charge is 0.170 e. The fourth-order valence-corrected chi connectivity index (χ4v) is 2.67. The van der Waals surface area contributed by atoms with Crippen molar-refractivity contribution >= 4 is 23.2 Å². The lowest BCUT2D eigenvalue weighted by molar-refractivity contribution is 0.944. The summed E-state index contributed by atoms with van der Waals surface area (Å²) in [6.07, 6.45) is 8.51. The minimum absolute atomic E-state index is 0.850. The largest absolute Gasteiger partial charge is 0.369 e. The molecule has 0 saturated carbocycles. The van der Waals surface area contributed by atoms with Gasteiger partial charge in [-0.25, -0.2) is 15.0 Å². The van der Waals surface area contributed by atoms with Crippen LogP contribution in [-0.2, 0) is 0 Å². The summed E-state index contributed by atoms with van der Waals surface area (Å²) < 4.78 is 1.98. The number of fused-ring (bicyclic) bond motifs is 1. The van der Waals surface area contributed by atoms with Gasteiger partial charge in [-0.05, 0) is 30.3 Å². The van der Waals surface area contributed by atoms with E-state index in [9.17, 15) is 0 Å². The Kier molecular flexibility index (Phi) is 3.83. The quantitative estimate of drug-likeness (QED) is 0.780. The van der Waals surface area contributed by atoms with Crippen LogP contribution >= 0.6 is 11.8 Å². The topological polar surface area (TPSA) is 55.1 Å². The number of anilines is 1. The Hall–Kier alpha value is -2.08. The molecule has 3 heterocycles. The molecule has 1 N–H and O–H groups in total. The lowest BCUT2D eigenvalue weighted by Gasteiger charge is -2.08. The van der Waals surface area contributed by atoms with Crippen LogP contribution in [0.15, 0.2) is 53.0 Å². The maximum Gasteiger partial charge on any atom is 0.170 e. The fourth-order valence-electron chi connectivity index (χ4n) is 1.82. The third-order valence-electron chi connectivity index (χ3n) is 2.74. The van der Waals surface area contributed by atoms with Crippen LogP contribution in [0, 0.1) is 0 Å². The number of rotatable bonds is 5. The van der Waals surface area contributed by atoms with Crippen molar-refractivity contribution < 1.29 is 0 Å². The van der Waals surface area contributed by atoms with Gasteiger partial charge in [-0.2, -0.15) is 0 Å². The van der Waals surface area contributed by atoms with Crippen LogP contribution < -0.4 is 5.32 Å². The molecule has 0 aliphatic heterocycles. The van der Waals surface area contributed by atoms with E-state index in [2.05, 4.69) is 27.2 Å². The van der Waals surface area contributed by atoms with Crippen LogP contribution in [0.4, 0.5) is 5.82 Å². The molecule has 20 heavy (non-hydrogen) atoms. The Morgan fingerprint density at radius 3 is 3.00 bits per heavy atom. The van der Waals surface area contributed by atoms with Gasteiger partial charge in [-0.1, -0.05) is 13.0 Å². The first-order valence-corrected chi connectivity index (χ1v) is 7.35. The fraction of sp³-hybridized carbons (Fsp3) is 0.214. The van der Waals surface area contributed by atoms with E-state index in [4.69, 9.17) is 0 Å². The summed E-state index contributed by atoms with van der Waals surface area (Å²) in [5.74, 6) is 0.857. The Bertz CT molecular complexity index is 695. The molecule has 3 aromatic heterocycles. The molecule has 0 aliphatic rings. The second-order valence-corrected chi connectivity index (χ2v) is 5.30. The molecule has 3 rings (SSSR count). The summed E-state index contributed by atoms with van der Waals surface area (Å²) in [7, 11) is 0. The second kappa shape index (κ2) is 5.92. The number of nitrogens with zero attached hydrogens (tertiary/aromatic N) is 4. The Balaban J connectivity index is 1.97. The van der Waals surface area contributed by atoms with Crippen LogP contribution in [0.1, 0.15) is 13.3 Å². The molecule has 0 aromatic carbocycles. The normalized spacial score (nSPS) is 10.8. The summed E-state index contributed by atoms with van der Waals surface area (Å²) in [6, 6.07) is 5.84. The summed E-state index contributed by atoms with van der Waals surface area (Å²) in [5.41, 5.74) is 0.850. The second-order valence-electron chi connectivity index (χ2n) is 4.29. The van der Waals surface area contributed by atoms with Crippen LogP contribution in [0.2, 0.25) is 0 Å². The standard InChI is InChI=1S/C14H15N5S/c1-2-6-15-11-10-19-9-8-17-13(19)14(18-11)20-12-5-3-4-7-16-12/h3-5,7-10,15H,2,6H2,1H3. The van der Waals surface area contributed by atoms with Crippen molar-refractivity contribution in [3.8, 4) is 0 Å². The molecule has 5 nitrogen and oxygen atoms in total. The molecular weight excluding hydrogens is 270 g/mol. The molecule has 0 bridgehead atoms. The number of aromatic nitrogens is 4. The van der Waals surface area contributed by atoms with Crippen LogP contribution in [0.3, 0.4) is 0 Å². The Morgan fingerprint density at radius 1 is 1.25 bits per heavy atom.